The van der Waals surface area contributed by atoms with Crippen molar-refractivity contribution in [2.75, 3.05) is 13.2 Å². The minimum atomic E-state index is -3.18. The molecular formula is C27H48O3P+. The molecule has 1 aliphatic rings. The first-order chi connectivity index (χ1) is 14.0. The van der Waals surface area contributed by atoms with Gasteiger partial charge < -0.3 is 0 Å². The minimum absolute atomic E-state index is 0.0113. The molecule has 3 nitrogen and oxygen atoms in total. The lowest BCUT2D eigenvalue weighted by Crippen LogP contribution is -2.42. The lowest BCUT2D eigenvalue weighted by Gasteiger charge is -2.39. The van der Waals surface area contributed by atoms with E-state index in [1.54, 1.807) is 0 Å². The van der Waals surface area contributed by atoms with E-state index >= 15 is 0 Å². The van der Waals surface area contributed by atoms with Gasteiger partial charge in [0.2, 0.25) is 0 Å². The fraction of sp³-hybridized carbons (Fsp3) is 0.778. The Hall–Kier alpha value is -0.470. The molecule has 178 valence electrons. The molecule has 0 radical (unpaired) electrons. The van der Waals surface area contributed by atoms with Crippen LogP contribution in [0.3, 0.4) is 0 Å². The fourth-order valence-corrected chi connectivity index (χ4v) is 6.89. The van der Waals surface area contributed by atoms with E-state index in [1.807, 2.05) is 0 Å². The van der Waals surface area contributed by atoms with Crippen molar-refractivity contribution in [2.24, 2.45) is 5.41 Å². The van der Waals surface area contributed by atoms with Gasteiger partial charge in [-0.25, -0.2) is 0 Å². The Balaban J connectivity index is 2.67. The van der Waals surface area contributed by atoms with Crippen molar-refractivity contribution in [1.82, 2.24) is 0 Å². The van der Waals surface area contributed by atoms with E-state index in [1.165, 1.54) is 5.56 Å². The van der Waals surface area contributed by atoms with E-state index in [0.29, 0.717) is 13.2 Å². The first-order valence-corrected chi connectivity index (χ1v) is 13.7. The topological polar surface area (TPSA) is 38.7 Å². The van der Waals surface area contributed by atoms with Crippen molar-refractivity contribution in [1.29, 1.82) is 0 Å². The van der Waals surface area contributed by atoms with Crippen LogP contribution in [-0.4, -0.2) is 18.1 Å². The number of hydrogen-bond acceptors (Lipinski definition) is 3. The summed E-state index contributed by atoms with van der Waals surface area (Å²) in [5.41, 5.74) is 3.35. The monoisotopic (exact) mass is 451 g/mol. The van der Waals surface area contributed by atoms with Gasteiger partial charge in [-0.05, 0) is 34.7 Å². The van der Waals surface area contributed by atoms with E-state index in [2.05, 4.69) is 88.3 Å². The van der Waals surface area contributed by atoms with Crippen molar-refractivity contribution in [2.45, 2.75) is 118 Å². The van der Waals surface area contributed by atoms with Crippen LogP contribution in [0, 0.1) is 5.41 Å². The van der Waals surface area contributed by atoms with Crippen molar-refractivity contribution in [3.05, 3.63) is 28.8 Å². The Kier molecular flexibility index (Phi) is 7.82. The molecule has 1 aromatic carbocycles. The van der Waals surface area contributed by atoms with Crippen molar-refractivity contribution >= 4 is 13.2 Å². The van der Waals surface area contributed by atoms with E-state index in [-0.39, 0.29) is 21.7 Å². The predicted octanol–water partition coefficient (Wildman–Crippen LogP) is 7.59. The third-order valence-corrected chi connectivity index (χ3v) is 8.78. The predicted molar refractivity (Wildman–Crippen MR) is 135 cm³/mol. The fourth-order valence-electron chi connectivity index (χ4n) is 4.25. The third-order valence-electron chi connectivity index (χ3n) is 6.78. The molecule has 0 aliphatic carbocycles. The zero-order valence-electron chi connectivity index (χ0n) is 22.1. The standard InChI is InChI=1S/C27H48O3P/c1-12-14-15-27(13-2)18-29-31(28,30-19-27)23-21(25(6,7)8)16-20(24(3,4)5)17-22(23)26(9,10)11/h16-17,28H,12-15,18-19H2,1-11H3/q+1. The van der Waals surface area contributed by atoms with Crippen LogP contribution in [0.25, 0.3) is 0 Å². The van der Waals surface area contributed by atoms with Crippen LogP contribution < -0.4 is 5.30 Å². The second-order valence-corrected chi connectivity index (χ2v) is 14.7. The molecule has 2 rings (SSSR count). The van der Waals surface area contributed by atoms with Crippen molar-refractivity contribution in [3.63, 3.8) is 0 Å². The molecule has 0 bridgehead atoms. The smallest absolute Gasteiger partial charge is 0.188 e. The molecule has 0 unspecified atom stereocenters. The highest BCUT2D eigenvalue weighted by Crippen LogP contribution is 2.63. The molecule has 1 aliphatic heterocycles. The van der Waals surface area contributed by atoms with Gasteiger partial charge in [0.05, 0.1) is 0 Å². The maximum absolute atomic E-state index is 11.9. The molecule has 0 spiro atoms. The summed E-state index contributed by atoms with van der Waals surface area (Å²) < 4.78 is 12.8. The molecule has 0 aromatic heterocycles. The summed E-state index contributed by atoms with van der Waals surface area (Å²) in [6.45, 7) is 25.7. The molecule has 1 fully saturated rings. The molecular weight excluding hydrogens is 403 g/mol. The van der Waals surface area contributed by atoms with Crippen LogP contribution in [0.4, 0.5) is 0 Å². The normalized spacial score (nSPS) is 25.7. The van der Waals surface area contributed by atoms with Crippen LogP contribution in [0.15, 0.2) is 12.1 Å². The summed E-state index contributed by atoms with van der Waals surface area (Å²) in [4.78, 5) is 11.9. The quantitative estimate of drug-likeness (QED) is 0.469. The molecule has 1 saturated heterocycles. The Morgan fingerprint density at radius 1 is 0.839 bits per heavy atom. The van der Waals surface area contributed by atoms with Gasteiger partial charge in [0.1, 0.15) is 13.2 Å². The molecule has 4 heteroatoms. The summed E-state index contributed by atoms with van der Waals surface area (Å²) in [5, 5.41) is 0.917. The number of benzene rings is 1. The lowest BCUT2D eigenvalue weighted by atomic mass is 9.75. The van der Waals surface area contributed by atoms with Gasteiger partial charge in [-0.15, -0.1) is 0 Å². The van der Waals surface area contributed by atoms with E-state index < -0.39 is 7.94 Å². The molecule has 1 heterocycles. The molecule has 0 saturated carbocycles. The van der Waals surface area contributed by atoms with Crippen molar-refractivity contribution < 1.29 is 13.9 Å². The van der Waals surface area contributed by atoms with Crippen LogP contribution in [-0.2, 0) is 25.3 Å². The SMILES string of the molecule is CCCCC1(CC)CO[P+](O)(c2c(C(C)(C)C)cc(C(C)(C)C)cc2C(C)(C)C)OC1. The average molecular weight is 452 g/mol. The second kappa shape index (κ2) is 9.05. The summed E-state index contributed by atoms with van der Waals surface area (Å²) in [5.74, 6) is 0. The molecule has 1 aromatic rings. The van der Waals surface area contributed by atoms with E-state index in [4.69, 9.17) is 9.05 Å². The summed E-state index contributed by atoms with van der Waals surface area (Å²) >= 11 is 0. The van der Waals surface area contributed by atoms with Crippen molar-refractivity contribution in [3.8, 4) is 0 Å². The van der Waals surface area contributed by atoms with Gasteiger partial charge in [0, 0.05) is 16.5 Å². The summed E-state index contributed by atoms with van der Waals surface area (Å²) in [6, 6.07) is 4.57. The molecule has 31 heavy (non-hydrogen) atoms. The number of rotatable bonds is 5. The highest BCUT2D eigenvalue weighted by Gasteiger charge is 2.57. The first-order valence-electron chi connectivity index (χ1n) is 12.1. The van der Waals surface area contributed by atoms with Gasteiger partial charge in [-0.3, -0.25) is 0 Å². The van der Waals surface area contributed by atoms with Gasteiger partial charge in [-0.2, -0.15) is 13.9 Å². The van der Waals surface area contributed by atoms with Gasteiger partial charge in [0.25, 0.3) is 0 Å². The molecule has 1 N–H and O–H groups in total. The lowest BCUT2D eigenvalue weighted by molar-refractivity contribution is -0.00152. The molecule has 0 amide bonds. The van der Waals surface area contributed by atoms with Gasteiger partial charge in [0.15, 0.2) is 5.30 Å². The molecule has 0 atom stereocenters. The number of hydrogen-bond donors (Lipinski definition) is 1. The zero-order valence-corrected chi connectivity index (χ0v) is 23.0. The highest BCUT2D eigenvalue weighted by atomic mass is 31.2. The second-order valence-electron chi connectivity index (χ2n) is 12.7. The maximum Gasteiger partial charge on any atom is 0.446 e. The Bertz CT molecular complexity index is 719. The van der Waals surface area contributed by atoms with Crippen LogP contribution in [0.2, 0.25) is 0 Å². The Morgan fingerprint density at radius 2 is 1.29 bits per heavy atom. The van der Waals surface area contributed by atoms with Crippen LogP contribution >= 0.6 is 7.94 Å². The van der Waals surface area contributed by atoms with Gasteiger partial charge in [-0.1, -0.05) is 101 Å². The zero-order chi connectivity index (χ0) is 23.9. The Labute approximate surface area is 192 Å². The van der Waals surface area contributed by atoms with Crippen LogP contribution in [0.5, 0.6) is 0 Å². The van der Waals surface area contributed by atoms with Crippen LogP contribution in [0.1, 0.15) is 119 Å². The first kappa shape index (κ1) is 26.8. The van der Waals surface area contributed by atoms with E-state index in [9.17, 15) is 4.89 Å². The number of unbranched alkanes of at least 4 members (excludes halogenated alkanes) is 1. The van der Waals surface area contributed by atoms with Gasteiger partial charge >= 0.3 is 7.94 Å². The average Bonchev–Trinajstić information content (AvgIpc) is 2.65. The largest absolute Gasteiger partial charge is 0.446 e. The highest BCUT2D eigenvalue weighted by molar-refractivity contribution is 7.68. The van der Waals surface area contributed by atoms with E-state index in [0.717, 1.165) is 42.1 Å². The summed E-state index contributed by atoms with van der Waals surface area (Å²) in [7, 11) is -3.18. The minimum Gasteiger partial charge on any atom is -0.188 e. The Morgan fingerprint density at radius 3 is 1.61 bits per heavy atom. The third kappa shape index (κ3) is 5.91. The maximum atomic E-state index is 11.9. The summed E-state index contributed by atoms with van der Waals surface area (Å²) in [6.07, 6.45) is 4.42.